The molecular formula is C46H71NO17. The van der Waals surface area contributed by atoms with Crippen LogP contribution in [0.5, 0.6) is 0 Å². The van der Waals surface area contributed by atoms with E-state index in [4.69, 9.17) is 24.7 Å². The van der Waals surface area contributed by atoms with Crippen molar-refractivity contribution in [3.63, 3.8) is 0 Å². The van der Waals surface area contributed by atoms with Crippen molar-refractivity contribution >= 4 is 11.9 Å². The van der Waals surface area contributed by atoms with Gasteiger partial charge in [-0.25, -0.2) is 0 Å². The van der Waals surface area contributed by atoms with E-state index in [9.17, 15) is 65.8 Å². The molecule has 2 bridgehead atoms. The molecule has 362 valence electrons. The zero-order valence-electron chi connectivity index (χ0n) is 36.7. The first kappa shape index (κ1) is 54.9. The Hall–Kier alpha value is -3.44. The summed E-state index contributed by atoms with van der Waals surface area (Å²) in [4.78, 5) is 25.0. The molecule has 3 rings (SSSR count). The molecule has 3 heterocycles. The van der Waals surface area contributed by atoms with Crippen LogP contribution in [0.1, 0.15) is 72.1 Å². The Morgan fingerprint density at radius 1 is 0.688 bits per heavy atom. The molecule has 0 saturated carbocycles. The van der Waals surface area contributed by atoms with Crippen molar-refractivity contribution in [2.24, 2.45) is 23.5 Å². The Morgan fingerprint density at radius 2 is 1.27 bits per heavy atom. The van der Waals surface area contributed by atoms with Gasteiger partial charge in [0.1, 0.15) is 18.1 Å². The zero-order valence-corrected chi connectivity index (χ0v) is 36.7. The number of ether oxygens (including phenoxy) is 4. The van der Waals surface area contributed by atoms with Crippen molar-refractivity contribution in [3.05, 3.63) is 85.1 Å². The van der Waals surface area contributed by atoms with Crippen LogP contribution in [0.25, 0.3) is 0 Å². The van der Waals surface area contributed by atoms with E-state index in [1.807, 2.05) is 19.1 Å². The van der Waals surface area contributed by atoms with Gasteiger partial charge < -0.3 is 80.9 Å². The summed E-state index contributed by atoms with van der Waals surface area (Å²) in [5.41, 5.74) is 5.93. The highest BCUT2D eigenvalue weighted by Crippen LogP contribution is 2.38. The van der Waals surface area contributed by atoms with E-state index in [1.54, 1.807) is 80.7 Å². The first-order valence-corrected chi connectivity index (χ1v) is 21.9. The number of carbonyl (C=O) groups excluding carboxylic acids is 1. The maximum absolute atomic E-state index is 12.6. The van der Waals surface area contributed by atoms with Crippen LogP contribution in [0.15, 0.2) is 85.1 Å². The van der Waals surface area contributed by atoms with Crippen LogP contribution in [-0.4, -0.2) is 166 Å². The van der Waals surface area contributed by atoms with Gasteiger partial charge in [0, 0.05) is 37.5 Å². The Balaban J connectivity index is 1.84. The molecule has 2 saturated heterocycles. The summed E-state index contributed by atoms with van der Waals surface area (Å²) >= 11 is 0. The monoisotopic (exact) mass is 909 g/mol. The average Bonchev–Trinajstić information content (AvgIpc) is 3.21. The number of aliphatic hydroxyl groups is 10. The summed E-state index contributed by atoms with van der Waals surface area (Å²) in [6, 6.07) is -1.13. The molecule has 18 heteroatoms. The number of carbonyl (C=O) groups is 2. The topological polar surface area (TPSA) is 320 Å². The van der Waals surface area contributed by atoms with Gasteiger partial charge in [0.25, 0.3) is 0 Å². The quantitative estimate of drug-likeness (QED) is 0.170. The molecule has 9 unspecified atom stereocenters. The summed E-state index contributed by atoms with van der Waals surface area (Å²) in [7, 11) is 0. The van der Waals surface area contributed by atoms with Gasteiger partial charge in [-0.2, -0.15) is 0 Å². The molecule has 3 aliphatic rings. The standard InChI is InChI=1S/C46H71NO17/c1-27-16-14-12-10-8-6-4-5-7-9-11-13-15-17-33(63-45-43(57)41(47)37(54)26-61-45)23-38-40(44(58)59)36(53)25-46(60,64-38)24-32(50)21-35(52)34(51)19-18-30(48)20-31(49)22-39(55)62-29(3)28(2)42(27)56/h4-17,27-38,40-43,45,48-54,56-57,60H,18-26,47H2,1-3H3,(H,58,59)/b5-4+,8-6+,9-7+,12-10+,13-11+,16-14+,17-15+/t27-,28-,29-,30+,31?,32-,33?,34?,35+,36-,37?,38-,40?,41-,42?,43?,45?,46?/m0/s1. The summed E-state index contributed by atoms with van der Waals surface area (Å²) in [6.07, 6.45) is 4.41. The van der Waals surface area contributed by atoms with Crippen LogP contribution in [0, 0.1) is 17.8 Å². The number of nitrogens with two attached hydrogens (primary N) is 1. The normalized spacial score (nSPS) is 44.8. The Labute approximate surface area is 374 Å². The number of allylic oxidation sites excluding steroid dienone is 12. The van der Waals surface area contributed by atoms with Gasteiger partial charge in [0.2, 0.25) is 0 Å². The van der Waals surface area contributed by atoms with Crippen molar-refractivity contribution in [3.8, 4) is 0 Å². The number of cyclic esters (lactones) is 1. The van der Waals surface area contributed by atoms with Crippen LogP contribution in [0.3, 0.4) is 0 Å². The molecule has 2 fully saturated rings. The minimum absolute atomic E-state index is 0.106. The van der Waals surface area contributed by atoms with Crippen LogP contribution in [0.2, 0.25) is 0 Å². The van der Waals surface area contributed by atoms with Crippen molar-refractivity contribution in [2.75, 3.05) is 6.61 Å². The molecule has 3 aliphatic heterocycles. The molecule has 0 spiro atoms. The first-order chi connectivity index (χ1) is 30.2. The Morgan fingerprint density at radius 3 is 1.86 bits per heavy atom. The number of carboxylic acids is 1. The maximum atomic E-state index is 12.6. The number of hydrogen-bond donors (Lipinski definition) is 12. The number of aliphatic hydroxyl groups excluding tert-OH is 9. The molecule has 13 N–H and O–H groups in total. The predicted molar refractivity (Wildman–Crippen MR) is 232 cm³/mol. The van der Waals surface area contributed by atoms with E-state index in [-0.39, 0.29) is 38.2 Å². The number of esters is 1. The van der Waals surface area contributed by atoms with Crippen LogP contribution in [0.4, 0.5) is 0 Å². The second-order valence-electron chi connectivity index (χ2n) is 17.1. The van der Waals surface area contributed by atoms with Gasteiger partial charge in [-0.05, 0) is 26.2 Å². The van der Waals surface area contributed by atoms with Gasteiger partial charge in [-0.15, -0.1) is 0 Å². The third kappa shape index (κ3) is 18.4. The van der Waals surface area contributed by atoms with Crippen molar-refractivity contribution in [1.82, 2.24) is 0 Å². The molecule has 0 amide bonds. The lowest BCUT2D eigenvalue weighted by Gasteiger charge is -2.45. The number of fused-ring (bicyclic) bond motifs is 2. The third-order valence-corrected chi connectivity index (χ3v) is 11.7. The molecular weight excluding hydrogens is 838 g/mol. The number of carboxylic acid groups (broad SMARTS) is 1. The van der Waals surface area contributed by atoms with Gasteiger partial charge in [-0.3, -0.25) is 9.59 Å². The van der Waals surface area contributed by atoms with Crippen LogP contribution in [-0.2, 0) is 28.5 Å². The number of hydrogen-bond acceptors (Lipinski definition) is 17. The molecule has 18 nitrogen and oxygen atoms in total. The van der Waals surface area contributed by atoms with Crippen LogP contribution < -0.4 is 5.73 Å². The molecule has 0 aliphatic carbocycles. The zero-order chi connectivity index (χ0) is 47.6. The Bertz CT molecular complexity index is 1630. The summed E-state index contributed by atoms with van der Waals surface area (Å²) < 4.78 is 22.8. The minimum Gasteiger partial charge on any atom is -0.481 e. The van der Waals surface area contributed by atoms with Gasteiger partial charge >= 0.3 is 11.9 Å². The molecule has 0 aromatic rings. The van der Waals surface area contributed by atoms with Gasteiger partial charge in [0.05, 0.1) is 80.1 Å². The molecule has 0 aromatic heterocycles. The maximum Gasteiger partial charge on any atom is 0.311 e. The fourth-order valence-electron chi connectivity index (χ4n) is 7.72. The van der Waals surface area contributed by atoms with Crippen molar-refractivity contribution < 1.29 is 84.7 Å². The number of rotatable bonds is 3. The van der Waals surface area contributed by atoms with Crippen LogP contribution >= 0.6 is 0 Å². The third-order valence-electron chi connectivity index (χ3n) is 11.7. The van der Waals surface area contributed by atoms with E-state index < -0.39 is 141 Å². The smallest absolute Gasteiger partial charge is 0.311 e. The van der Waals surface area contributed by atoms with Gasteiger partial charge in [-0.1, -0.05) is 98.9 Å². The lowest BCUT2D eigenvalue weighted by Crippen LogP contribution is -2.59. The Kier molecular flexibility index (Phi) is 23.4. The summed E-state index contributed by atoms with van der Waals surface area (Å²) in [5.74, 6) is -6.81. The first-order valence-electron chi connectivity index (χ1n) is 21.9. The van der Waals surface area contributed by atoms with E-state index in [0.717, 1.165) is 0 Å². The summed E-state index contributed by atoms with van der Waals surface area (Å²) in [5, 5.41) is 118. The minimum atomic E-state index is -2.32. The SMILES string of the molecule is C[C@@H]1OC(=O)CC(O)C[C@H](O)CCC(O)[C@H](O)C[C@H](O)CC2(O)C[C@H](O)C(C(=O)O)[C@H](CC(OC3OCC(O)[C@H](N)C3O)/C=C/C=C/C=C/C=C/C=C/C=C/C=C/[C@H](C)C(O)[C@H]1C)O2. The van der Waals surface area contributed by atoms with E-state index >= 15 is 0 Å². The average molecular weight is 910 g/mol. The molecule has 18 atom stereocenters. The second kappa shape index (κ2) is 27.3. The van der Waals surface area contributed by atoms with Crippen molar-refractivity contribution in [2.45, 2.75) is 164 Å². The van der Waals surface area contributed by atoms with Gasteiger partial charge in [0.15, 0.2) is 12.1 Å². The lowest BCUT2D eigenvalue weighted by atomic mass is 9.82. The fourth-order valence-corrected chi connectivity index (χ4v) is 7.72. The lowest BCUT2D eigenvalue weighted by molar-refractivity contribution is -0.305. The largest absolute Gasteiger partial charge is 0.481 e. The predicted octanol–water partition coefficient (Wildman–Crippen LogP) is 0.323. The molecule has 64 heavy (non-hydrogen) atoms. The second-order valence-corrected chi connectivity index (χ2v) is 17.1. The van der Waals surface area contributed by atoms with E-state index in [0.29, 0.717) is 0 Å². The van der Waals surface area contributed by atoms with Crippen molar-refractivity contribution in [1.29, 1.82) is 0 Å². The highest BCUT2D eigenvalue weighted by Gasteiger charge is 2.50. The highest BCUT2D eigenvalue weighted by atomic mass is 16.7. The summed E-state index contributed by atoms with van der Waals surface area (Å²) in [6.45, 7) is 4.95. The highest BCUT2D eigenvalue weighted by molar-refractivity contribution is 5.71. The number of aliphatic carboxylic acids is 1. The van der Waals surface area contributed by atoms with E-state index in [2.05, 4.69) is 0 Å². The molecule has 0 aromatic carbocycles. The fraction of sp³-hybridized carbons (Fsp3) is 0.652. The molecule has 0 radical (unpaired) electrons. The van der Waals surface area contributed by atoms with E-state index in [1.165, 1.54) is 6.08 Å².